The Morgan fingerprint density at radius 1 is 0.970 bits per heavy atom. The molecular formula is C24H34N4O4S. The largest absolute Gasteiger partial charge is 0.379 e. The van der Waals surface area contributed by atoms with Crippen molar-refractivity contribution in [3.05, 3.63) is 53.3 Å². The minimum Gasteiger partial charge on any atom is -0.379 e. The molecule has 0 unspecified atom stereocenters. The van der Waals surface area contributed by atoms with E-state index in [-0.39, 0.29) is 10.8 Å². The molecule has 33 heavy (non-hydrogen) atoms. The lowest BCUT2D eigenvalue weighted by molar-refractivity contribution is -0.122. The summed E-state index contributed by atoms with van der Waals surface area (Å²) >= 11 is 0. The molecule has 2 aliphatic rings. The molecule has 2 saturated heterocycles. The Morgan fingerprint density at radius 3 is 2.18 bits per heavy atom. The van der Waals surface area contributed by atoms with E-state index in [2.05, 4.69) is 40.8 Å². The Labute approximate surface area is 196 Å². The van der Waals surface area contributed by atoms with E-state index in [0.29, 0.717) is 45.4 Å². The third-order valence-electron chi connectivity index (χ3n) is 6.64. The van der Waals surface area contributed by atoms with Crippen molar-refractivity contribution in [2.24, 2.45) is 0 Å². The number of benzene rings is 1. The molecule has 3 heterocycles. The van der Waals surface area contributed by atoms with E-state index >= 15 is 0 Å². The van der Waals surface area contributed by atoms with Crippen LogP contribution >= 0.6 is 0 Å². The number of carbonyl (C=O) groups is 1. The molecule has 4 rings (SSSR count). The zero-order valence-electron chi connectivity index (χ0n) is 19.5. The van der Waals surface area contributed by atoms with Crippen molar-refractivity contribution < 1.29 is 17.9 Å². The molecule has 0 atom stereocenters. The predicted molar refractivity (Wildman–Crippen MR) is 126 cm³/mol. The highest BCUT2D eigenvalue weighted by molar-refractivity contribution is 7.89. The van der Waals surface area contributed by atoms with Gasteiger partial charge in [-0.25, -0.2) is 8.42 Å². The Morgan fingerprint density at radius 2 is 1.58 bits per heavy atom. The van der Waals surface area contributed by atoms with Crippen LogP contribution in [-0.2, 0) is 26.1 Å². The Bertz CT molecular complexity index is 1030. The van der Waals surface area contributed by atoms with Gasteiger partial charge in [-0.05, 0) is 56.5 Å². The zero-order valence-corrected chi connectivity index (χ0v) is 20.3. The van der Waals surface area contributed by atoms with Gasteiger partial charge in [-0.2, -0.15) is 4.31 Å². The van der Waals surface area contributed by atoms with E-state index in [9.17, 15) is 13.2 Å². The number of amides is 1. The van der Waals surface area contributed by atoms with Gasteiger partial charge < -0.3 is 14.6 Å². The number of hydrogen-bond donors (Lipinski definition) is 1. The molecule has 0 radical (unpaired) electrons. The number of hydrogen-bond acceptors (Lipinski definition) is 5. The van der Waals surface area contributed by atoms with Gasteiger partial charge in [0.05, 0.1) is 24.7 Å². The maximum absolute atomic E-state index is 12.7. The van der Waals surface area contributed by atoms with Crippen LogP contribution in [0, 0.1) is 13.8 Å². The van der Waals surface area contributed by atoms with Crippen LogP contribution in [0.4, 0.5) is 0 Å². The molecule has 2 fully saturated rings. The van der Waals surface area contributed by atoms with Crippen LogP contribution < -0.4 is 5.32 Å². The lowest BCUT2D eigenvalue weighted by Crippen LogP contribution is -2.41. The molecule has 8 nitrogen and oxygen atoms in total. The van der Waals surface area contributed by atoms with E-state index < -0.39 is 10.0 Å². The van der Waals surface area contributed by atoms with Gasteiger partial charge in [0.15, 0.2) is 0 Å². The molecule has 180 valence electrons. The first kappa shape index (κ1) is 23.9. The van der Waals surface area contributed by atoms with Crippen LogP contribution in [0.3, 0.4) is 0 Å². The lowest BCUT2D eigenvalue weighted by atomic mass is 10.0. The summed E-state index contributed by atoms with van der Waals surface area (Å²) in [5, 5.41) is 2.96. The second-order valence-corrected chi connectivity index (χ2v) is 10.9. The third-order valence-corrected chi connectivity index (χ3v) is 8.55. The summed E-state index contributed by atoms with van der Waals surface area (Å²) < 4.78 is 34.5. The van der Waals surface area contributed by atoms with Crippen molar-refractivity contribution in [2.75, 3.05) is 45.9 Å². The Hall–Kier alpha value is -2.20. The summed E-state index contributed by atoms with van der Waals surface area (Å²) in [7, 11) is -3.50. The fourth-order valence-corrected chi connectivity index (χ4v) is 6.17. The fourth-order valence-electron chi connectivity index (χ4n) is 4.77. The highest BCUT2D eigenvalue weighted by atomic mass is 32.2. The second-order valence-electron chi connectivity index (χ2n) is 8.93. The van der Waals surface area contributed by atoms with Gasteiger partial charge in [0, 0.05) is 50.2 Å². The molecule has 1 aromatic heterocycles. The second kappa shape index (κ2) is 10.4. The quantitative estimate of drug-likeness (QED) is 0.664. The number of aromatic nitrogens is 1. The van der Waals surface area contributed by atoms with Crippen molar-refractivity contribution in [1.29, 1.82) is 0 Å². The van der Waals surface area contributed by atoms with E-state index in [0.717, 1.165) is 31.5 Å². The molecule has 0 bridgehead atoms. The van der Waals surface area contributed by atoms with Gasteiger partial charge in [-0.1, -0.05) is 12.1 Å². The fraction of sp³-hybridized carbons (Fsp3) is 0.542. The molecule has 9 heteroatoms. The normalized spacial score (nSPS) is 19.0. The average molecular weight is 475 g/mol. The van der Waals surface area contributed by atoms with Gasteiger partial charge >= 0.3 is 0 Å². The number of carbonyl (C=O) groups excluding carboxylic acids is 1. The number of nitrogens with zero attached hydrogens (tertiary/aromatic N) is 3. The number of piperidine rings is 1. The highest BCUT2D eigenvalue weighted by Crippen LogP contribution is 2.26. The summed E-state index contributed by atoms with van der Waals surface area (Å²) in [6, 6.07) is 11.6. The molecule has 0 spiro atoms. The first-order valence-electron chi connectivity index (χ1n) is 11.6. The predicted octanol–water partition coefficient (Wildman–Crippen LogP) is 2.08. The van der Waals surface area contributed by atoms with Crippen molar-refractivity contribution in [3.63, 3.8) is 0 Å². The summed E-state index contributed by atoms with van der Waals surface area (Å²) in [6.07, 6.45) is 2.09. The van der Waals surface area contributed by atoms with Crippen LogP contribution in [0.15, 0.2) is 41.3 Å². The lowest BCUT2D eigenvalue weighted by Gasteiger charge is -2.33. The van der Waals surface area contributed by atoms with Gasteiger partial charge in [-0.3, -0.25) is 9.69 Å². The van der Waals surface area contributed by atoms with Crippen molar-refractivity contribution in [1.82, 2.24) is 19.1 Å². The molecule has 1 N–H and O–H groups in total. The number of morpholine rings is 1. The van der Waals surface area contributed by atoms with E-state index in [1.165, 1.54) is 15.7 Å². The van der Waals surface area contributed by atoms with Crippen LogP contribution in [0.25, 0.3) is 0 Å². The average Bonchev–Trinajstić information content (AvgIpc) is 3.17. The number of aryl methyl sites for hydroxylation is 2. The van der Waals surface area contributed by atoms with Gasteiger partial charge in [0.1, 0.15) is 0 Å². The van der Waals surface area contributed by atoms with Crippen molar-refractivity contribution in [2.45, 2.75) is 44.2 Å². The zero-order chi connectivity index (χ0) is 23.4. The van der Waals surface area contributed by atoms with Gasteiger partial charge in [0.25, 0.3) is 0 Å². The third kappa shape index (κ3) is 5.66. The van der Waals surface area contributed by atoms with Gasteiger partial charge in [-0.15, -0.1) is 0 Å². The van der Waals surface area contributed by atoms with E-state index in [1.807, 2.05) is 0 Å². The molecule has 1 aromatic carbocycles. The SMILES string of the molecule is Cc1ccc(C)n1C1CCN(CC(=O)NCc2ccc(S(=O)(=O)N3CCOCC3)cc2)CC1. The number of ether oxygens (including phenoxy) is 1. The number of rotatable bonds is 7. The highest BCUT2D eigenvalue weighted by Gasteiger charge is 2.26. The first-order valence-corrected chi connectivity index (χ1v) is 13.1. The van der Waals surface area contributed by atoms with E-state index in [4.69, 9.17) is 4.74 Å². The maximum atomic E-state index is 12.7. The topological polar surface area (TPSA) is 83.9 Å². The molecule has 1 amide bonds. The Balaban J connectivity index is 1.23. The minimum absolute atomic E-state index is 0.00760. The molecule has 2 aromatic rings. The summed E-state index contributed by atoms with van der Waals surface area (Å²) in [5.74, 6) is -0.00760. The molecular weight excluding hydrogens is 440 g/mol. The monoisotopic (exact) mass is 474 g/mol. The number of nitrogens with one attached hydrogen (secondary N) is 1. The standard InChI is InChI=1S/C24H34N4O4S/c1-19-3-4-20(2)28(19)22-9-11-26(12-10-22)18-24(29)25-17-21-5-7-23(8-6-21)33(30,31)27-13-15-32-16-14-27/h3-8,22H,9-18H2,1-2H3,(H,25,29). The Kier molecular flexibility index (Phi) is 7.53. The van der Waals surface area contributed by atoms with Crippen molar-refractivity contribution >= 4 is 15.9 Å². The summed E-state index contributed by atoms with van der Waals surface area (Å²) in [4.78, 5) is 14.9. The van der Waals surface area contributed by atoms with Gasteiger partial charge in [0.2, 0.25) is 15.9 Å². The molecule has 0 saturated carbocycles. The number of likely N-dealkylation sites (tertiary alicyclic amines) is 1. The van der Waals surface area contributed by atoms with Crippen LogP contribution in [-0.4, -0.2) is 74.0 Å². The van der Waals surface area contributed by atoms with E-state index in [1.54, 1.807) is 24.3 Å². The minimum atomic E-state index is -3.50. The molecule has 0 aliphatic carbocycles. The first-order chi connectivity index (χ1) is 15.8. The maximum Gasteiger partial charge on any atom is 0.243 e. The number of sulfonamides is 1. The molecule has 2 aliphatic heterocycles. The van der Waals surface area contributed by atoms with Crippen LogP contribution in [0.5, 0.6) is 0 Å². The van der Waals surface area contributed by atoms with Crippen molar-refractivity contribution in [3.8, 4) is 0 Å². The smallest absolute Gasteiger partial charge is 0.243 e. The van der Waals surface area contributed by atoms with Crippen LogP contribution in [0.2, 0.25) is 0 Å². The van der Waals surface area contributed by atoms with Crippen LogP contribution in [0.1, 0.15) is 35.8 Å². The summed E-state index contributed by atoms with van der Waals surface area (Å²) in [6.45, 7) is 8.49. The summed E-state index contributed by atoms with van der Waals surface area (Å²) in [5.41, 5.74) is 3.47.